The fraction of sp³-hybridized carbons (Fsp3) is 0.360. The highest BCUT2D eigenvalue weighted by molar-refractivity contribution is 5.87. The molecule has 0 fully saturated rings. The first kappa shape index (κ1) is 21.7. The number of para-hydroxylation sites is 1. The van der Waals surface area contributed by atoms with Crippen LogP contribution in [0.15, 0.2) is 48.5 Å². The van der Waals surface area contributed by atoms with Crippen LogP contribution in [0.2, 0.25) is 0 Å². The summed E-state index contributed by atoms with van der Waals surface area (Å²) in [6, 6.07) is 15.7. The zero-order valence-electron chi connectivity index (χ0n) is 18.9. The topological polar surface area (TPSA) is 83.7 Å². The van der Waals surface area contributed by atoms with Gasteiger partial charge >= 0.3 is 6.09 Å². The van der Waals surface area contributed by atoms with Crippen molar-refractivity contribution < 1.29 is 19.1 Å². The number of carbonyl (C=O) groups is 2. The molecule has 0 saturated carbocycles. The number of H-pyrrole nitrogens is 1. The molecule has 0 spiro atoms. The van der Waals surface area contributed by atoms with Gasteiger partial charge in [-0.2, -0.15) is 0 Å². The number of aromatic nitrogens is 1. The Bertz CT molecular complexity index is 1130. The fourth-order valence-electron chi connectivity index (χ4n) is 4.21. The summed E-state index contributed by atoms with van der Waals surface area (Å²) >= 11 is 0. The molecule has 7 heteroatoms. The molecule has 1 aliphatic heterocycles. The molecule has 0 radical (unpaired) electrons. The van der Waals surface area contributed by atoms with E-state index in [1.807, 2.05) is 41.3 Å². The zero-order valence-corrected chi connectivity index (χ0v) is 18.9. The number of nitrogens with one attached hydrogen (secondary N) is 2. The van der Waals surface area contributed by atoms with Crippen molar-refractivity contribution in [1.29, 1.82) is 0 Å². The summed E-state index contributed by atoms with van der Waals surface area (Å²) in [7, 11) is 1.63. The number of carbonyl (C=O) groups excluding carboxylic acids is 2. The number of aromatic amines is 1. The molecular formula is C25H29N3O4. The summed E-state index contributed by atoms with van der Waals surface area (Å²) in [5, 5.41) is 3.78. The first-order valence-corrected chi connectivity index (χ1v) is 10.8. The number of hydrogen-bond donors (Lipinski definition) is 2. The molecule has 2 aromatic carbocycles. The van der Waals surface area contributed by atoms with E-state index in [1.165, 1.54) is 10.9 Å². The van der Waals surface area contributed by atoms with E-state index in [-0.39, 0.29) is 18.5 Å². The minimum absolute atomic E-state index is 0.128. The summed E-state index contributed by atoms with van der Waals surface area (Å²) in [4.78, 5) is 30.6. The van der Waals surface area contributed by atoms with Gasteiger partial charge in [0.15, 0.2) is 0 Å². The third-order valence-corrected chi connectivity index (χ3v) is 5.57. The minimum atomic E-state index is -0.622. The molecule has 168 valence electrons. The highest BCUT2D eigenvalue weighted by atomic mass is 16.6. The van der Waals surface area contributed by atoms with E-state index in [0.717, 1.165) is 28.9 Å². The minimum Gasteiger partial charge on any atom is -0.497 e. The van der Waals surface area contributed by atoms with Crippen LogP contribution in [-0.4, -0.2) is 47.7 Å². The Kier molecular flexibility index (Phi) is 5.82. The lowest BCUT2D eigenvalue weighted by molar-refractivity contribution is -0.132. The molecule has 3 aromatic rings. The van der Waals surface area contributed by atoms with Crippen LogP contribution in [0.3, 0.4) is 0 Å². The van der Waals surface area contributed by atoms with Gasteiger partial charge in [-0.3, -0.25) is 4.79 Å². The van der Waals surface area contributed by atoms with Crippen molar-refractivity contribution >= 4 is 22.9 Å². The van der Waals surface area contributed by atoms with Crippen LogP contribution in [0.4, 0.5) is 4.79 Å². The Balaban J connectivity index is 1.65. The van der Waals surface area contributed by atoms with Crippen LogP contribution in [0, 0.1) is 0 Å². The number of nitrogens with zero attached hydrogens (tertiary/aromatic N) is 1. The smallest absolute Gasteiger partial charge is 0.408 e. The second-order valence-corrected chi connectivity index (χ2v) is 8.93. The number of fused-ring (bicyclic) bond motifs is 3. The molecule has 32 heavy (non-hydrogen) atoms. The van der Waals surface area contributed by atoms with Crippen molar-refractivity contribution in [2.24, 2.45) is 0 Å². The van der Waals surface area contributed by atoms with Crippen molar-refractivity contribution in [3.05, 3.63) is 65.4 Å². The van der Waals surface area contributed by atoms with Crippen molar-refractivity contribution in [2.75, 3.05) is 20.2 Å². The average Bonchev–Trinajstić information content (AvgIpc) is 3.14. The van der Waals surface area contributed by atoms with Gasteiger partial charge in [-0.25, -0.2) is 4.79 Å². The summed E-state index contributed by atoms with van der Waals surface area (Å²) < 4.78 is 10.6. The van der Waals surface area contributed by atoms with E-state index in [1.54, 1.807) is 27.9 Å². The second-order valence-electron chi connectivity index (χ2n) is 8.93. The maximum absolute atomic E-state index is 13.2. The molecule has 1 aliphatic rings. The normalized spacial score (nSPS) is 15.9. The van der Waals surface area contributed by atoms with Gasteiger partial charge in [0.05, 0.1) is 13.2 Å². The molecule has 0 saturated heterocycles. The quantitative estimate of drug-likeness (QED) is 0.644. The maximum Gasteiger partial charge on any atom is 0.408 e. The number of benzene rings is 2. The highest BCUT2D eigenvalue weighted by Crippen LogP contribution is 2.38. The predicted molar refractivity (Wildman–Crippen MR) is 123 cm³/mol. The first-order valence-electron chi connectivity index (χ1n) is 10.8. The molecule has 1 aromatic heterocycles. The van der Waals surface area contributed by atoms with Gasteiger partial charge in [0.25, 0.3) is 0 Å². The Labute approximate surface area is 187 Å². The molecular weight excluding hydrogens is 406 g/mol. The number of amides is 2. The Morgan fingerprint density at radius 1 is 1.12 bits per heavy atom. The first-order chi connectivity index (χ1) is 15.3. The predicted octanol–water partition coefficient (Wildman–Crippen LogP) is 4.18. The summed E-state index contributed by atoms with van der Waals surface area (Å²) in [6.45, 7) is 5.79. The lowest BCUT2D eigenvalue weighted by Crippen LogP contribution is -2.46. The van der Waals surface area contributed by atoms with Crippen molar-refractivity contribution in [3.63, 3.8) is 0 Å². The van der Waals surface area contributed by atoms with Gasteiger partial charge in [-0.15, -0.1) is 0 Å². The van der Waals surface area contributed by atoms with Crippen molar-refractivity contribution in [2.45, 2.75) is 38.8 Å². The van der Waals surface area contributed by atoms with Gasteiger partial charge in [0.2, 0.25) is 5.91 Å². The largest absolute Gasteiger partial charge is 0.497 e. The molecule has 2 N–H and O–H groups in total. The lowest BCUT2D eigenvalue weighted by atomic mass is 9.92. The van der Waals surface area contributed by atoms with E-state index < -0.39 is 11.7 Å². The number of hydrogen-bond acceptors (Lipinski definition) is 4. The molecule has 0 aliphatic carbocycles. The average molecular weight is 436 g/mol. The molecule has 1 unspecified atom stereocenters. The van der Waals surface area contributed by atoms with Crippen LogP contribution in [0.1, 0.15) is 43.6 Å². The summed E-state index contributed by atoms with van der Waals surface area (Å²) in [5.41, 5.74) is 3.64. The summed E-state index contributed by atoms with van der Waals surface area (Å²) in [6.07, 6.45) is 0.139. The molecule has 4 rings (SSSR count). The van der Waals surface area contributed by atoms with Crippen LogP contribution >= 0.6 is 0 Å². The highest BCUT2D eigenvalue weighted by Gasteiger charge is 2.34. The summed E-state index contributed by atoms with van der Waals surface area (Å²) in [5.74, 6) is 0.590. The number of methoxy groups -OCH3 is 1. The molecule has 2 amide bonds. The Morgan fingerprint density at radius 2 is 1.84 bits per heavy atom. The van der Waals surface area contributed by atoms with Crippen LogP contribution in [-0.2, 0) is 16.0 Å². The van der Waals surface area contributed by atoms with Crippen molar-refractivity contribution in [1.82, 2.24) is 15.2 Å². The second kappa shape index (κ2) is 8.57. The van der Waals surface area contributed by atoms with Gasteiger partial charge in [0.1, 0.15) is 17.9 Å². The molecule has 1 atom stereocenters. The van der Waals surface area contributed by atoms with Crippen LogP contribution in [0.25, 0.3) is 10.9 Å². The Morgan fingerprint density at radius 3 is 2.53 bits per heavy atom. The van der Waals surface area contributed by atoms with Gasteiger partial charge < -0.3 is 24.7 Å². The number of ether oxygens (including phenoxy) is 2. The van der Waals surface area contributed by atoms with Crippen molar-refractivity contribution in [3.8, 4) is 5.75 Å². The Hall–Kier alpha value is -3.48. The standard InChI is InChI=1S/C25H29N3O4/c1-25(2,3)32-24(30)26-15-21(29)28-14-13-19-18-7-5-6-8-20(18)27-22(19)23(28)16-9-11-17(31-4)12-10-16/h5-12,23,27H,13-15H2,1-4H3,(H,26,30). The molecule has 7 nitrogen and oxygen atoms in total. The molecule has 0 bridgehead atoms. The van der Waals surface area contributed by atoms with Gasteiger partial charge in [-0.05, 0) is 56.5 Å². The van der Waals surface area contributed by atoms with E-state index in [2.05, 4.69) is 22.4 Å². The van der Waals surface area contributed by atoms with Gasteiger partial charge in [0, 0.05) is 23.1 Å². The third kappa shape index (κ3) is 4.42. The van der Waals surface area contributed by atoms with E-state index >= 15 is 0 Å². The molecule has 2 heterocycles. The van der Waals surface area contributed by atoms with Gasteiger partial charge in [-0.1, -0.05) is 30.3 Å². The number of alkyl carbamates (subject to hydrolysis) is 1. The van der Waals surface area contributed by atoms with E-state index in [4.69, 9.17) is 9.47 Å². The maximum atomic E-state index is 13.2. The van der Waals surface area contributed by atoms with Crippen LogP contribution < -0.4 is 10.1 Å². The number of rotatable bonds is 4. The zero-order chi connectivity index (χ0) is 22.9. The monoisotopic (exact) mass is 435 g/mol. The van der Waals surface area contributed by atoms with E-state index in [9.17, 15) is 9.59 Å². The van der Waals surface area contributed by atoms with Crippen LogP contribution in [0.5, 0.6) is 5.75 Å². The third-order valence-electron chi connectivity index (χ3n) is 5.57. The van der Waals surface area contributed by atoms with E-state index in [0.29, 0.717) is 6.54 Å². The lowest BCUT2D eigenvalue weighted by Gasteiger charge is -2.36. The fourth-order valence-corrected chi connectivity index (χ4v) is 4.21. The SMILES string of the molecule is COc1ccc(C2c3[nH]c4ccccc4c3CCN2C(=O)CNC(=O)OC(C)(C)C)cc1.